The summed E-state index contributed by atoms with van der Waals surface area (Å²) in [6.45, 7) is 1.60. The van der Waals surface area contributed by atoms with E-state index in [0.717, 1.165) is 10.0 Å². The number of nitrogens with one attached hydrogen (secondary N) is 1. The summed E-state index contributed by atoms with van der Waals surface area (Å²) in [6, 6.07) is 10.9. The number of benzene rings is 1. The molecule has 1 heterocycles. The predicted octanol–water partition coefficient (Wildman–Crippen LogP) is 3.54. The number of esters is 1. The van der Waals surface area contributed by atoms with E-state index in [1.165, 1.54) is 11.3 Å². The molecule has 21 heavy (non-hydrogen) atoms. The smallest absolute Gasteiger partial charge is 0.348 e. The van der Waals surface area contributed by atoms with Crippen molar-refractivity contribution in [2.75, 3.05) is 6.61 Å². The molecule has 0 radical (unpaired) electrons. The molecule has 0 saturated carbocycles. The summed E-state index contributed by atoms with van der Waals surface area (Å²) >= 11 is 4.65. The Labute approximate surface area is 135 Å². The zero-order chi connectivity index (χ0) is 15.2. The van der Waals surface area contributed by atoms with Gasteiger partial charge in [-0.25, -0.2) is 4.79 Å². The Balaban J connectivity index is 1.81. The lowest BCUT2D eigenvalue weighted by Gasteiger charge is -2.14. The summed E-state index contributed by atoms with van der Waals surface area (Å²) in [7, 11) is 0. The van der Waals surface area contributed by atoms with Crippen LogP contribution in [0.1, 0.15) is 28.2 Å². The number of carbonyl (C=O) groups is 2. The SMILES string of the molecule is CC(NC(=O)COC(=O)c1cccs1)c1ccc(Br)cc1. The minimum atomic E-state index is -0.476. The van der Waals surface area contributed by atoms with Crippen molar-refractivity contribution in [2.24, 2.45) is 0 Å². The fraction of sp³-hybridized carbons (Fsp3) is 0.200. The average Bonchev–Trinajstić information content (AvgIpc) is 2.99. The molecule has 6 heteroatoms. The van der Waals surface area contributed by atoms with E-state index in [4.69, 9.17) is 4.74 Å². The molecule has 0 fully saturated rings. The Bertz CT molecular complexity index is 610. The third-order valence-electron chi connectivity index (χ3n) is 2.80. The highest BCUT2D eigenvalue weighted by Crippen LogP contribution is 2.16. The summed E-state index contributed by atoms with van der Waals surface area (Å²) in [5.74, 6) is -0.799. The van der Waals surface area contributed by atoms with Crippen LogP contribution in [-0.2, 0) is 9.53 Å². The second kappa shape index (κ2) is 7.38. The van der Waals surface area contributed by atoms with Gasteiger partial charge in [0.05, 0.1) is 6.04 Å². The Hall–Kier alpha value is -1.66. The lowest BCUT2D eigenvalue weighted by Crippen LogP contribution is -2.31. The summed E-state index contributed by atoms with van der Waals surface area (Å²) in [6.07, 6.45) is 0. The third kappa shape index (κ3) is 4.68. The Morgan fingerprint density at radius 2 is 2.00 bits per heavy atom. The van der Waals surface area contributed by atoms with Crippen molar-refractivity contribution < 1.29 is 14.3 Å². The van der Waals surface area contributed by atoms with Crippen molar-refractivity contribution in [3.05, 3.63) is 56.7 Å². The zero-order valence-electron chi connectivity index (χ0n) is 11.3. The van der Waals surface area contributed by atoms with Gasteiger partial charge in [-0.3, -0.25) is 4.79 Å². The number of carbonyl (C=O) groups excluding carboxylic acids is 2. The molecule has 1 unspecified atom stereocenters. The maximum absolute atomic E-state index is 11.8. The summed E-state index contributed by atoms with van der Waals surface area (Å²) < 4.78 is 5.94. The highest BCUT2D eigenvalue weighted by molar-refractivity contribution is 9.10. The molecular formula is C15H14BrNO3S. The maximum Gasteiger partial charge on any atom is 0.348 e. The lowest BCUT2D eigenvalue weighted by atomic mass is 10.1. The van der Waals surface area contributed by atoms with Gasteiger partial charge in [0.1, 0.15) is 4.88 Å². The molecule has 4 nitrogen and oxygen atoms in total. The largest absolute Gasteiger partial charge is 0.451 e. The highest BCUT2D eigenvalue weighted by Gasteiger charge is 2.13. The highest BCUT2D eigenvalue weighted by atomic mass is 79.9. The molecule has 0 saturated heterocycles. The number of halogens is 1. The minimum Gasteiger partial charge on any atom is -0.451 e. The van der Waals surface area contributed by atoms with Crippen LogP contribution in [0, 0.1) is 0 Å². The van der Waals surface area contributed by atoms with E-state index < -0.39 is 5.97 Å². The van der Waals surface area contributed by atoms with Gasteiger partial charge >= 0.3 is 5.97 Å². The molecule has 1 aromatic carbocycles. The summed E-state index contributed by atoms with van der Waals surface area (Å²) in [5.41, 5.74) is 0.983. The first kappa shape index (κ1) is 15.7. The first-order valence-electron chi connectivity index (χ1n) is 6.31. The number of thiophene rings is 1. The average molecular weight is 368 g/mol. The van der Waals surface area contributed by atoms with Gasteiger partial charge in [0.15, 0.2) is 6.61 Å². The number of ether oxygens (including phenoxy) is 1. The molecule has 0 aliphatic carbocycles. The third-order valence-corrected chi connectivity index (χ3v) is 4.18. The molecule has 2 rings (SSSR count). The number of rotatable bonds is 5. The van der Waals surface area contributed by atoms with Crippen molar-refractivity contribution in [1.82, 2.24) is 5.32 Å². The van der Waals surface area contributed by atoms with E-state index >= 15 is 0 Å². The topological polar surface area (TPSA) is 55.4 Å². The van der Waals surface area contributed by atoms with Crippen molar-refractivity contribution >= 4 is 39.1 Å². The number of hydrogen-bond donors (Lipinski definition) is 1. The molecule has 2 aromatic rings. The molecule has 1 atom stereocenters. The fourth-order valence-electron chi connectivity index (χ4n) is 1.71. The van der Waals surface area contributed by atoms with Crippen LogP contribution in [0.3, 0.4) is 0 Å². The molecule has 0 aliphatic heterocycles. The van der Waals surface area contributed by atoms with E-state index in [0.29, 0.717) is 4.88 Å². The van der Waals surface area contributed by atoms with Crippen LogP contribution in [-0.4, -0.2) is 18.5 Å². The fourth-order valence-corrected chi connectivity index (χ4v) is 2.60. The Kier molecular flexibility index (Phi) is 5.52. The predicted molar refractivity (Wildman–Crippen MR) is 85.3 cm³/mol. The van der Waals surface area contributed by atoms with Crippen LogP contribution in [0.2, 0.25) is 0 Å². The van der Waals surface area contributed by atoms with Crippen LogP contribution in [0.5, 0.6) is 0 Å². The van der Waals surface area contributed by atoms with Gasteiger partial charge < -0.3 is 10.1 Å². The first-order chi connectivity index (χ1) is 10.1. The van der Waals surface area contributed by atoms with E-state index in [2.05, 4.69) is 21.2 Å². The zero-order valence-corrected chi connectivity index (χ0v) is 13.7. The quantitative estimate of drug-likeness (QED) is 0.822. The minimum absolute atomic E-state index is 0.147. The van der Waals surface area contributed by atoms with Gasteiger partial charge in [-0.15, -0.1) is 11.3 Å². The van der Waals surface area contributed by atoms with Crippen molar-refractivity contribution in [2.45, 2.75) is 13.0 Å². The van der Waals surface area contributed by atoms with Gasteiger partial charge in [-0.2, -0.15) is 0 Å². The van der Waals surface area contributed by atoms with Gasteiger partial charge in [-0.1, -0.05) is 34.1 Å². The van der Waals surface area contributed by atoms with Crippen LogP contribution in [0.25, 0.3) is 0 Å². The van der Waals surface area contributed by atoms with Crippen LogP contribution < -0.4 is 5.32 Å². The van der Waals surface area contributed by atoms with Crippen molar-refractivity contribution in [1.29, 1.82) is 0 Å². The Morgan fingerprint density at radius 3 is 2.62 bits per heavy atom. The van der Waals surface area contributed by atoms with Crippen molar-refractivity contribution in [3.8, 4) is 0 Å². The molecule has 1 amide bonds. The molecule has 1 aromatic heterocycles. The second-order valence-corrected chi connectivity index (χ2v) is 6.26. The van der Waals surface area contributed by atoms with Gasteiger partial charge in [-0.05, 0) is 36.1 Å². The van der Waals surface area contributed by atoms with E-state index in [9.17, 15) is 9.59 Å². The Morgan fingerprint density at radius 1 is 1.29 bits per heavy atom. The molecule has 0 spiro atoms. The molecule has 110 valence electrons. The maximum atomic E-state index is 11.8. The number of hydrogen-bond acceptors (Lipinski definition) is 4. The molecule has 1 N–H and O–H groups in total. The van der Waals surface area contributed by atoms with Crippen LogP contribution >= 0.6 is 27.3 Å². The summed E-state index contributed by atoms with van der Waals surface area (Å²) in [4.78, 5) is 23.9. The standard InChI is InChI=1S/C15H14BrNO3S/c1-10(11-4-6-12(16)7-5-11)17-14(18)9-20-15(19)13-3-2-8-21-13/h2-8,10H,9H2,1H3,(H,17,18). The first-order valence-corrected chi connectivity index (χ1v) is 7.99. The second-order valence-electron chi connectivity index (χ2n) is 4.39. The molecule has 0 bridgehead atoms. The monoisotopic (exact) mass is 367 g/mol. The molecular weight excluding hydrogens is 354 g/mol. The van der Waals surface area contributed by atoms with Gasteiger partial charge in [0, 0.05) is 4.47 Å². The van der Waals surface area contributed by atoms with Gasteiger partial charge in [0.25, 0.3) is 5.91 Å². The number of amides is 1. The molecule has 0 aliphatic rings. The van der Waals surface area contributed by atoms with Crippen molar-refractivity contribution in [3.63, 3.8) is 0 Å². The van der Waals surface area contributed by atoms with Gasteiger partial charge in [0.2, 0.25) is 0 Å². The van der Waals surface area contributed by atoms with Crippen LogP contribution in [0.4, 0.5) is 0 Å². The van der Waals surface area contributed by atoms with E-state index in [1.54, 1.807) is 17.5 Å². The van der Waals surface area contributed by atoms with Crippen LogP contribution in [0.15, 0.2) is 46.3 Å². The lowest BCUT2D eigenvalue weighted by molar-refractivity contribution is -0.124. The normalized spacial score (nSPS) is 11.7. The van der Waals surface area contributed by atoms with E-state index in [1.807, 2.05) is 31.2 Å². The van der Waals surface area contributed by atoms with E-state index in [-0.39, 0.29) is 18.6 Å². The summed E-state index contributed by atoms with van der Waals surface area (Å²) in [5, 5.41) is 4.57.